The van der Waals surface area contributed by atoms with Crippen LogP contribution >= 0.6 is 11.8 Å². The Morgan fingerprint density at radius 3 is 2.00 bits per heavy atom. The number of amides is 3. The molecule has 3 N–H and O–H groups in total. The van der Waals surface area contributed by atoms with Gasteiger partial charge >= 0.3 is 0 Å². The van der Waals surface area contributed by atoms with E-state index in [2.05, 4.69) is 16.0 Å². The highest BCUT2D eigenvalue weighted by molar-refractivity contribution is 8.00. The zero-order valence-corrected chi connectivity index (χ0v) is 26.9. The van der Waals surface area contributed by atoms with Gasteiger partial charge in [0.05, 0.1) is 33.7 Å². The van der Waals surface area contributed by atoms with E-state index in [-0.39, 0.29) is 11.6 Å². The number of methoxy groups -OCH3 is 4. The Labute approximate surface area is 272 Å². The number of rotatable bonds is 13. The van der Waals surface area contributed by atoms with Crippen molar-refractivity contribution in [2.24, 2.45) is 0 Å². The smallest absolute Gasteiger partial charge is 0.272 e. The van der Waals surface area contributed by atoms with Gasteiger partial charge in [-0.05, 0) is 79.2 Å². The maximum atomic E-state index is 13.5. The Morgan fingerprint density at radius 2 is 1.39 bits per heavy atom. The van der Waals surface area contributed by atoms with Gasteiger partial charge in [0, 0.05) is 27.9 Å². The summed E-state index contributed by atoms with van der Waals surface area (Å²) in [5.41, 5.74) is 2.04. The lowest BCUT2D eigenvalue weighted by molar-refractivity contribution is -0.115. The molecule has 238 valence electrons. The second-order valence-electron chi connectivity index (χ2n) is 9.80. The normalized spacial score (nSPS) is 11.5. The first-order valence-corrected chi connectivity index (χ1v) is 15.0. The van der Waals surface area contributed by atoms with E-state index in [0.717, 1.165) is 4.90 Å². The van der Waals surface area contributed by atoms with Crippen molar-refractivity contribution in [3.05, 3.63) is 108 Å². The van der Waals surface area contributed by atoms with Crippen LogP contribution in [0.5, 0.6) is 23.0 Å². The first-order chi connectivity index (χ1) is 22.2. The third-order valence-corrected chi connectivity index (χ3v) is 7.77. The molecule has 0 aliphatic rings. The summed E-state index contributed by atoms with van der Waals surface area (Å²) >= 11 is 1.37. The Balaban J connectivity index is 1.51. The third kappa shape index (κ3) is 8.82. The van der Waals surface area contributed by atoms with Crippen molar-refractivity contribution in [2.45, 2.75) is 17.1 Å². The Bertz CT molecular complexity index is 1680. The topological polar surface area (TPSA) is 124 Å². The summed E-state index contributed by atoms with van der Waals surface area (Å²) in [6.07, 6.45) is 1.52. The maximum Gasteiger partial charge on any atom is 0.272 e. The highest BCUT2D eigenvalue weighted by Gasteiger charge is 2.19. The van der Waals surface area contributed by atoms with Crippen LogP contribution in [0.1, 0.15) is 22.8 Å². The summed E-state index contributed by atoms with van der Waals surface area (Å²) in [5, 5.41) is 8.06. The van der Waals surface area contributed by atoms with Crippen molar-refractivity contribution in [2.75, 3.05) is 39.1 Å². The molecule has 3 amide bonds. The molecule has 0 aliphatic carbocycles. The van der Waals surface area contributed by atoms with Gasteiger partial charge in [-0.2, -0.15) is 0 Å². The fraction of sp³-hybridized carbons (Fsp3) is 0.171. The number of hydrogen-bond acceptors (Lipinski definition) is 8. The van der Waals surface area contributed by atoms with Crippen LogP contribution in [0.4, 0.5) is 11.4 Å². The average molecular weight is 642 g/mol. The molecule has 0 aliphatic heterocycles. The van der Waals surface area contributed by atoms with Crippen LogP contribution in [0.2, 0.25) is 0 Å². The van der Waals surface area contributed by atoms with Gasteiger partial charge < -0.3 is 34.9 Å². The summed E-state index contributed by atoms with van der Waals surface area (Å²) in [6, 6.07) is 26.1. The Kier molecular flexibility index (Phi) is 11.7. The summed E-state index contributed by atoms with van der Waals surface area (Å²) in [6.45, 7) is 1.81. The average Bonchev–Trinajstić information content (AvgIpc) is 3.08. The summed E-state index contributed by atoms with van der Waals surface area (Å²) < 4.78 is 21.5. The summed E-state index contributed by atoms with van der Waals surface area (Å²) in [5.74, 6) is 0.657. The van der Waals surface area contributed by atoms with E-state index in [1.807, 2.05) is 6.92 Å². The molecule has 11 heteroatoms. The lowest BCUT2D eigenvalue weighted by Gasteiger charge is -2.15. The second-order valence-corrected chi connectivity index (χ2v) is 11.2. The fourth-order valence-electron chi connectivity index (χ4n) is 4.31. The first kappa shape index (κ1) is 33.5. The molecule has 0 saturated carbocycles. The summed E-state index contributed by atoms with van der Waals surface area (Å²) in [7, 11) is 6.05. The molecule has 0 spiro atoms. The molecule has 4 aromatic carbocycles. The highest BCUT2D eigenvalue weighted by Crippen LogP contribution is 2.38. The van der Waals surface area contributed by atoms with Crippen LogP contribution in [0, 0.1) is 0 Å². The lowest BCUT2D eigenvalue weighted by atomic mass is 10.1. The van der Waals surface area contributed by atoms with Crippen molar-refractivity contribution in [3.8, 4) is 23.0 Å². The number of anilines is 2. The van der Waals surface area contributed by atoms with Crippen LogP contribution in [-0.4, -0.2) is 51.4 Å². The minimum Gasteiger partial charge on any atom is -0.497 e. The SMILES string of the molecule is COc1cccc(NC(=O)C(C)Sc2ccc(NC(=O)/C(=C/c3cc(OC)c(OC)c(OC)c3)NC(=O)c3ccccc3)cc2)c1. The molecule has 10 nitrogen and oxygen atoms in total. The van der Waals surface area contributed by atoms with Gasteiger partial charge in [0.15, 0.2) is 11.5 Å². The highest BCUT2D eigenvalue weighted by atomic mass is 32.2. The van der Waals surface area contributed by atoms with Gasteiger partial charge in [-0.1, -0.05) is 24.3 Å². The van der Waals surface area contributed by atoms with Gasteiger partial charge in [0.2, 0.25) is 11.7 Å². The van der Waals surface area contributed by atoms with Crippen molar-refractivity contribution < 1.29 is 33.3 Å². The van der Waals surface area contributed by atoms with Crippen LogP contribution in [0.3, 0.4) is 0 Å². The van der Waals surface area contributed by atoms with Crippen LogP contribution in [0.25, 0.3) is 6.08 Å². The van der Waals surface area contributed by atoms with E-state index >= 15 is 0 Å². The van der Waals surface area contributed by atoms with E-state index in [9.17, 15) is 14.4 Å². The molecule has 46 heavy (non-hydrogen) atoms. The zero-order chi connectivity index (χ0) is 33.1. The molecule has 4 aromatic rings. The van der Waals surface area contributed by atoms with Gasteiger partial charge in [0.1, 0.15) is 11.4 Å². The molecule has 0 radical (unpaired) electrons. The lowest BCUT2D eigenvalue weighted by Crippen LogP contribution is -2.30. The first-order valence-electron chi connectivity index (χ1n) is 14.2. The molecule has 0 fully saturated rings. The fourth-order valence-corrected chi connectivity index (χ4v) is 5.18. The van der Waals surface area contributed by atoms with Gasteiger partial charge in [-0.15, -0.1) is 11.8 Å². The zero-order valence-electron chi connectivity index (χ0n) is 26.1. The molecular formula is C35H35N3O7S. The molecular weight excluding hydrogens is 606 g/mol. The molecule has 0 heterocycles. The number of carbonyl (C=O) groups is 3. The summed E-state index contributed by atoms with van der Waals surface area (Å²) in [4.78, 5) is 40.2. The standard InChI is InChI=1S/C35H35N3O7S/c1-22(33(39)37-26-12-9-13-27(21-26)42-2)46-28-16-14-25(15-17-28)36-35(41)29(38-34(40)24-10-7-6-8-11-24)18-23-19-30(43-3)32(45-5)31(20-23)44-4/h6-22H,1-5H3,(H,36,41)(H,37,39)(H,38,40)/b29-18-. The van der Waals surface area contributed by atoms with Crippen LogP contribution in [0.15, 0.2) is 102 Å². The Hall–Kier alpha value is -5.42. The molecule has 1 atom stereocenters. The van der Waals surface area contributed by atoms with E-state index in [1.54, 1.807) is 98.1 Å². The number of nitrogens with one attached hydrogen (secondary N) is 3. The molecule has 0 aromatic heterocycles. The van der Waals surface area contributed by atoms with E-state index in [1.165, 1.54) is 39.2 Å². The van der Waals surface area contributed by atoms with E-state index in [0.29, 0.717) is 45.5 Å². The number of ether oxygens (including phenoxy) is 4. The molecule has 1 unspecified atom stereocenters. The van der Waals surface area contributed by atoms with E-state index < -0.39 is 17.1 Å². The molecule has 0 saturated heterocycles. The van der Waals surface area contributed by atoms with Crippen molar-refractivity contribution in [3.63, 3.8) is 0 Å². The minimum absolute atomic E-state index is 0.00980. The van der Waals surface area contributed by atoms with E-state index in [4.69, 9.17) is 18.9 Å². The molecule has 4 rings (SSSR count). The molecule has 0 bridgehead atoms. The number of thioether (sulfide) groups is 1. The monoisotopic (exact) mass is 641 g/mol. The number of benzene rings is 4. The number of hydrogen-bond donors (Lipinski definition) is 3. The van der Waals surface area contributed by atoms with Crippen LogP contribution < -0.4 is 34.9 Å². The maximum absolute atomic E-state index is 13.5. The second kappa shape index (κ2) is 16.1. The number of carbonyl (C=O) groups excluding carboxylic acids is 3. The largest absolute Gasteiger partial charge is 0.497 e. The van der Waals surface area contributed by atoms with Gasteiger partial charge in [-0.3, -0.25) is 14.4 Å². The van der Waals surface area contributed by atoms with Crippen molar-refractivity contribution >= 4 is 46.9 Å². The van der Waals surface area contributed by atoms with Crippen LogP contribution in [-0.2, 0) is 9.59 Å². The predicted octanol–water partition coefficient (Wildman–Crippen LogP) is 6.25. The minimum atomic E-state index is -0.551. The third-order valence-electron chi connectivity index (χ3n) is 6.66. The Morgan fingerprint density at radius 1 is 0.717 bits per heavy atom. The van der Waals surface area contributed by atoms with Crippen molar-refractivity contribution in [1.82, 2.24) is 5.32 Å². The van der Waals surface area contributed by atoms with Gasteiger partial charge in [0.25, 0.3) is 11.8 Å². The van der Waals surface area contributed by atoms with Gasteiger partial charge in [-0.25, -0.2) is 0 Å². The quantitative estimate of drug-likeness (QED) is 0.116. The van der Waals surface area contributed by atoms with Crippen molar-refractivity contribution in [1.29, 1.82) is 0 Å². The predicted molar refractivity (Wildman–Crippen MR) is 180 cm³/mol.